The monoisotopic (exact) mass is 311 g/mol. The van der Waals surface area contributed by atoms with Crippen molar-refractivity contribution in [3.05, 3.63) is 58.4 Å². The maximum absolute atomic E-state index is 13.5. The fourth-order valence-corrected chi connectivity index (χ4v) is 2.12. The molecule has 21 heavy (non-hydrogen) atoms. The Morgan fingerprint density at radius 1 is 1.10 bits per heavy atom. The van der Waals surface area contributed by atoms with Gasteiger partial charge in [0, 0.05) is 17.1 Å². The van der Waals surface area contributed by atoms with Gasteiger partial charge < -0.3 is 10.3 Å². The number of imidazole rings is 1. The van der Waals surface area contributed by atoms with Gasteiger partial charge in [-0.2, -0.15) is 0 Å². The topological polar surface area (TPSA) is 40.7 Å². The molecule has 0 bridgehead atoms. The van der Waals surface area contributed by atoms with Crippen LogP contribution in [0.1, 0.15) is 5.56 Å². The molecule has 0 aliphatic heterocycles. The smallest absolute Gasteiger partial charge is 0.201 e. The molecule has 0 spiro atoms. The molecule has 3 rings (SSSR count). The second kappa shape index (κ2) is 5.29. The molecule has 0 amide bonds. The highest BCUT2D eigenvalue weighted by atomic mass is 35.5. The van der Waals surface area contributed by atoms with E-state index in [-0.39, 0.29) is 12.1 Å². The number of nitrogens with zero attached hydrogens (tertiary/aromatic N) is 1. The van der Waals surface area contributed by atoms with E-state index >= 15 is 0 Å². The highest BCUT2D eigenvalue weighted by Gasteiger charge is 2.13. The fourth-order valence-electron chi connectivity index (χ4n) is 1.95. The van der Waals surface area contributed by atoms with Crippen LogP contribution >= 0.6 is 11.6 Å². The number of aromatic amines is 1. The predicted octanol–water partition coefficient (Wildman–Crippen LogP) is 4.25. The van der Waals surface area contributed by atoms with Crippen molar-refractivity contribution < 1.29 is 13.2 Å². The van der Waals surface area contributed by atoms with Gasteiger partial charge >= 0.3 is 0 Å². The zero-order valence-corrected chi connectivity index (χ0v) is 11.3. The van der Waals surface area contributed by atoms with Crippen LogP contribution in [0.4, 0.5) is 19.1 Å². The molecule has 0 fully saturated rings. The minimum Gasteiger partial charge on any atom is -0.352 e. The summed E-state index contributed by atoms with van der Waals surface area (Å²) in [6.07, 6.45) is 0. The van der Waals surface area contributed by atoms with Gasteiger partial charge in [0.15, 0.2) is 17.5 Å². The Morgan fingerprint density at radius 2 is 1.90 bits per heavy atom. The maximum Gasteiger partial charge on any atom is 0.201 e. The van der Waals surface area contributed by atoms with Crippen LogP contribution in [0.15, 0.2) is 30.3 Å². The Labute approximate surface area is 122 Å². The molecule has 0 unspecified atom stereocenters. The number of benzene rings is 2. The summed E-state index contributed by atoms with van der Waals surface area (Å²) in [6, 6.07) is 7.20. The lowest BCUT2D eigenvalue weighted by atomic mass is 10.2. The SMILES string of the molecule is Fc1ccc(CNc2nc3ccc(Cl)cc3[nH]2)c(F)c1F. The van der Waals surface area contributed by atoms with E-state index in [1.165, 1.54) is 6.07 Å². The third-order valence-corrected chi connectivity index (χ3v) is 3.24. The lowest BCUT2D eigenvalue weighted by Gasteiger charge is -2.05. The molecule has 0 saturated carbocycles. The number of H-pyrrole nitrogens is 1. The predicted molar refractivity (Wildman–Crippen MR) is 74.7 cm³/mol. The van der Waals surface area contributed by atoms with Crippen molar-refractivity contribution in [3.8, 4) is 0 Å². The summed E-state index contributed by atoms with van der Waals surface area (Å²) < 4.78 is 39.5. The summed E-state index contributed by atoms with van der Waals surface area (Å²) in [7, 11) is 0. The lowest BCUT2D eigenvalue weighted by Crippen LogP contribution is -2.05. The van der Waals surface area contributed by atoms with Crippen LogP contribution in [-0.2, 0) is 6.54 Å². The van der Waals surface area contributed by atoms with Crippen LogP contribution in [0.2, 0.25) is 5.02 Å². The number of nitrogens with one attached hydrogen (secondary N) is 2. The van der Waals surface area contributed by atoms with Gasteiger partial charge in [0.05, 0.1) is 11.0 Å². The van der Waals surface area contributed by atoms with E-state index in [2.05, 4.69) is 15.3 Å². The zero-order valence-electron chi connectivity index (χ0n) is 10.6. The summed E-state index contributed by atoms with van der Waals surface area (Å²) >= 11 is 5.86. The molecule has 3 nitrogen and oxygen atoms in total. The standard InChI is InChI=1S/C14H9ClF3N3/c15-8-2-4-10-11(5-8)21-14(20-10)19-6-7-1-3-9(16)13(18)12(7)17/h1-5H,6H2,(H2,19,20,21). The normalized spacial score (nSPS) is 11.0. The second-order valence-electron chi connectivity index (χ2n) is 4.43. The van der Waals surface area contributed by atoms with Crippen molar-refractivity contribution in [3.63, 3.8) is 0 Å². The summed E-state index contributed by atoms with van der Waals surface area (Å²) in [5.41, 5.74) is 1.41. The van der Waals surface area contributed by atoms with Gasteiger partial charge in [0.1, 0.15) is 0 Å². The first kappa shape index (κ1) is 13.8. The number of fused-ring (bicyclic) bond motifs is 1. The number of anilines is 1. The van der Waals surface area contributed by atoms with Crippen LogP contribution in [0.25, 0.3) is 11.0 Å². The van der Waals surface area contributed by atoms with Crippen molar-refractivity contribution >= 4 is 28.6 Å². The van der Waals surface area contributed by atoms with Crippen molar-refractivity contribution in [2.75, 3.05) is 5.32 Å². The van der Waals surface area contributed by atoms with Gasteiger partial charge in [-0.15, -0.1) is 0 Å². The Hall–Kier alpha value is -2.21. The summed E-state index contributed by atoms with van der Waals surface area (Å²) in [5.74, 6) is -3.52. The van der Waals surface area contributed by atoms with Crippen LogP contribution in [-0.4, -0.2) is 9.97 Å². The van der Waals surface area contributed by atoms with E-state index < -0.39 is 17.5 Å². The molecule has 2 aromatic carbocycles. The quantitative estimate of drug-likeness (QED) is 0.710. The van der Waals surface area contributed by atoms with Gasteiger partial charge in [0.25, 0.3) is 0 Å². The Balaban J connectivity index is 1.82. The first-order chi connectivity index (χ1) is 10.0. The van der Waals surface area contributed by atoms with Crippen LogP contribution in [0, 0.1) is 17.5 Å². The van der Waals surface area contributed by atoms with E-state index in [4.69, 9.17) is 11.6 Å². The average Bonchev–Trinajstić information content (AvgIpc) is 2.86. The molecule has 7 heteroatoms. The molecule has 1 aromatic heterocycles. The van der Waals surface area contributed by atoms with Crippen LogP contribution in [0.3, 0.4) is 0 Å². The molecule has 0 aliphatic rings. The zero-order chi connectivity index (χ0) is 15.0. The minimum absolute atomic E-state index is 0.00684. The minimum atomic E-state index is -1.48. The Morgan fingerprint density at radius 3 is 2.71 bits per heavy atom. The molecule has 2 N–H and O–H groups in total. The first-order valence-corrected chi connectivity index (χ1v) is 6.44. The van der Waals surface area contributed by atoms with E-state index in [0.717, 1.165) is 11.6 Å². The van der Waals surface area contributed by atoms with E-state index in [0.29, 0.717) is 16.5 Å². The van der Waals surface area contributed by atoms with Gasteiger partial charge in [-0.1, -0.05) is 17.7 Å². The number of halogens is 4. The Bertz CT molecular complexity index is 817. The third kappa shape index (κ3) is 2.67. The van der Waals surface area contributed by atoms with E-state index in [1.54, 1.807) is 18.2 Å². The molecule has 0 aliphatic carbocycles. The number of hydrogen-bond acceptors (Lipinski definition) is 2. The molecule has 1 heterocycles. The molecular weight excluding hydrogens is 303 g/mol. The lowest BCUT2D eigenvalue weighted by molar-refractivity contribution is 0.442. The van der Waals surface area contributed by atoms with E-state index in [9.17, 15) is 13.2 Å². The molecule has 0 saturated heterocycles. The van der Waals surface area contributed by atoms with Gasteiger partial charge in [-0.3, -0.25) is 0 Å². The van der Waals surface area contributed by atoms with Crippen molar-refractivity contribution in [1.29, 1.82) is 0 Å². The number of rotatable bonds is 3. The van der Waals surface area contributed by atoms with Crippen LogP contribution < -0.4 is 5.32 Å². The maximum atomic E-state index is 13.5. The number of aromatic nitrogens is 2. The average molecular weight is 312 g/mol. The van der Waals surface area contributed by atoms with Gasteiger partial charge in [0.2, 0.25) is 5.95 Å². The van der Waals surface area contributed by atoms with Gasteiger partial charge in [-0.05, 0) is 24.3 Å². The third-order valence-electron chi connectivity index (χ3n) is 3.01. The first-order valence-electron chi connectivity index (χ1n) is 6.06. The van der Waals surface area contributed by atoms with Crippen molar-refractivity contribution in [2.24, 2.45) is 0 Å². The van der Waals surface area contributed by atoms with Crippen molar-refractivity contribution in [1.82, 2.24) is 9.97 Å². The largest absolute Gasteiger partial charge is 0.352 e. The second-order valence-corrected chi connectivity index (χ2v) is 4.87. The molecule has 108 valence electrons. The summed E-state index contributed by atoms with van der Waals surface area (Å²) in [4.78, 5) is 7.18. The molecule has 0 atom stereocenters. The van der Waals surface area contributed by atoms with E-state index in [1.807, 2.05) is 0 Å². The molecular formula is C14H9ClF3N3. The van der Waals surface area contributed by atoms with Crippen LogP contribution in [0.5, 0.6) is 0 Å². The molecule has 3 aromatic rings. The molecule has 0 radical (unpaired) electrons. The highest BCUT2D eigenvalue weighted by molar-refractivity contribution is 6.31. The number of hydrogen-bond donors (Lipinski definition) is 2. The fraction of sp³-hybridized carbons (Fsp3) is 0.0714. The highest BCUT2D eigenvalue weighted by Crippen LogP contribution is 2.20. The Kier molecular flexibility index (Phi) is 3.47. The van der Waals surface area contributed by atoms with Crippen molar-refractivity contribution in [2.45, 2.75) is 6.54 Å². The van der Waals surface area contributed by atoms with Gasteiger partial charge in [-0.25, -0.2) is 18.2 Å². The summed E-state index contributed by atoms with van der Waals surface area (Å²) in [5, 5.41) is 3.38. The summed E-state index contributed by atoms with van der Waals surface area (Å²) in [6.45, 7) is -0.0312.